The molecule has 1 aromatic carbocycles. The Morgan fingerprint density at radius 1 is 1.30 bits per heavy atom. The normalized spacial score (nSPS) is 22.9. The van der Waals surface area contributed by atoms with Crippen LogP contribution in [0.3, 0.4) is 0 Å². The fraction of sp³-hybridized carbons (Fsp3) is 0.533. The molecule has 0 spiro atoms. The largest absolute Gasteiger partial charge is 0.391 e. The molecule has 0 amide bonds. The maximum absolute atomic E-state index is 6.17. The number of hydrogen-bond donors (Lipinski definition) is 1. The lowest BCUT2D eigenvalue weighted by molar-refractivity contribution is 0.174. The summed E-state index contributed by atoms with van der Waals surface area (Å²) in [6.45, 7) is 3.63. The van der Waals surface area contributed by atoms with Crippen molar-refractivity contribution in [3.63, 3.8) is 0 Å². The number of halogens is 1. The molecule has 4 nitrogen and oxygen atoms in total. The average molecular weight is 294 g/mol. The molecule has 0 aliphatic carbocycles. The topological polar surface area (TPSA) is 36.9 Å². The van der Waals surface area contributed by atoms with Crippen LogP contribution in [0.25, 0.3) is 0 Å². The van der Waals surface area contributed by atoms with Gasteiger partial charge in [-0.1, -0.05) is 29.8 Å². The monoisotopic (exact) mass is 293 g/mol. The Labute approximate surface area is 124 Å². The molecule has 0 radical (unpaired) electrons. The Hall–Kier alpha value is -1.10. The van der Waals surface area contributed by atoms with Crippen LogP contribution in [0.15, 0.2) is 29.3 Å². The van der Waals surface area contributed by atoms with E-state index in [-0.39, 0.29) is 6.17 Å². The minimum atomic E-state index is -0.175. The summed E-state index contributed by atoms with van der Waals surface area (Å²) in [5.41, 5.74) is 3.90. The van der Waals surface area contributed by atoms with Gasteiger partial charge in [0, 0.05) is 17.0 Å². The van der Waals surface area contributed by atoms with E-state index in [9.17, 15) is 0 Å². The molecule has 3 rings (SSSR count). The molecule has 2 aliphatic rings. The number of likely N-dealkylation sites (tertiary alicyclic amines) is 1. The van der Waals surface area contributed by atoms with Gasteiger partial charge in [0.2, 0.25) is 5.90 Å². The molecule has 1 atom stereocenters. The van der Waals surface area contributed by atoms with E-state index in [4.69, 9.17) is 16.4 Å². The minimum absolute atomic E-state index is 0.175. The van der Waals surface area contributed by atoms with Gasteiger partial charge in [0.25, 0.3) is 0 Å². The summed E-state index contributed by atoms with van der Waals surface area (Å²) in [7, 11) is 0. The molecule has 2 aliphatic heterocycles. The smallest absolute Gasteiger partial charge is 0.211 e. The number of benzene rings is 1. The summed E-state index contributed by atoms with van der Waals surface area (Å²) in [5, 5.41) is 0.718. The van der Waals surface area contributed by atoms with Gasteiger partial charge < -0.3 is 9.74 Å². The van der Waals surface area contributed by atoms with Crippen molar-refractivity contribution in [3.8, 4) is 0 Å². The Kier molecular flexibility index (Phi) is 4.55. The van der Waals surface area contributed by atoms with Gasteiger partial charge in [-0.3, -0.25) is 0 Å². The number of hydrogen-bond acceptors (Lipinski definition) is 4. The molecular weight excluding hydrogens is 274 g/mol. The fourth-order valence-corrected chi connectivity index (χ4v) is 2.97. The number of aliphatic imine (C=N–C) groups is 1. The molecule has 1 fully saturated rings. The highest BCUT2D eigenvalue weighted by Crippen LogP contribution is 2.26. The van der Waals surface area contributed by atoms with Crippen molar-refractivity contribution < 1.29 is 4.84 Å². The molecule has 0 unspecified atom stereocenters. The summed E-state index contributed by atoms with van der Waals surface area (Å²) in [5.74, 6) is 0.786. The summed E-state index contributed by atoms with van der Waals surface area (Å²) < 4.78 is 0. The molecule has 1 saturated heterocycles. The summed E-state index contributed by atoms with van der Waals surface area (Å²) in [6, 6.07) is 7.73. The van der Waals surface area contributed by atoms with Crippen molar-refractivity contribution in [2.24, 2.45) is 4.99 Å². The van der Waals surface area contributed by atoms with Crippen molar-refractivity contribution in [1.82, 2.24) is 10.4 Å². The molecule has 1 N–H and O–H groups in total. The van der Waals surface area contributed by atoms with Crippen LogP contribution < -0.4 is 5.48 Å². The van der Waals surface area contributed by atoms with Crippen LogP contribution in [0.4, 0.5) is 0 Å². The molecule has 0 aromatic heterocycles. The van der Waals surface area contributed by atoms with E-state index in [1.165, 1.54) is 25.9 Å². The SMILES string of the molecule is Clc1ccccc1[C@H]1N=C(CCCN2CCCC2)ON1. The lowest BCUT2D eigenvalue weighted by Gasteiger charge is -2.13. The van der Waals surface area contributed by atoms with Crippen LogP contribution in [0, 0.1) is 0 Å². The highest BCUT2D eigenvalue weighted by molar-refractivity contribution is 6.31. The highest BCUT2D eigenvalue weighted by Gasteiger charge is 2.22. The highest BCUT2D eigenvalue weighted by atomic mass is 35.5. The first-order chi connectivity index (χ1) is 9.83. The molecule has 0 saturated carbocycles. The quantitative estimate of drug-likeness (QED) is 0.906. The van der Waals surface area contributed by atoms with E-state index in [0.717, 1.165) is 35.9 Å². The van der Waals surface area contributed by atoms with Crippen molar-refractivity contribution in [2.45, 2.75) is 31.8 Å². The molecule has 2 heterocycles. The number of rotatable bonds is 5. The third-order valence-corrected chi connectivity index (χ3v) is 4.17. The van der Waals surface area contributed by atoms with Crippen molar-refractivity contribution in [3.05, 3.63) is 34.9 Å². The Balaban J connectivity index is 1.51. The second-order valence-electron chi connectivity index (χ2n) is 5.32. The van der Waals surface area contributed by atoms with Gasteiger partial charge in [-0.15, -0.1) is 5.48 Å². The van der Waals surface area contributed by atoms with Gasteiger partial charge in [-0.25, -0.2) is 4.99 Å². The number of nitrogens with one attached hydrogen (secondary N) is 1. The number of nitrogens with zero attached hydrogens (tertiary/aromatic N) is 2. The van der Waals surface area contributed by atoms with E-state index in [1.807, 2.05) is 24.3 Å². The van der Waals surface area contributed by atoms with E-state index in [1.54, 1.807) is 0 Å². The third kappa shape index (κ3) is 3.32. The minimum Gasteiger partial charge on any atom is -0.391 e. The van der Waals surface area contributed by atoms with Crippen molar-refractivity contribution >= 4 is 17.5 Å². The van der Waals surface area contributed by atoms with E-state index in [2.05, 4.69) is 15.4 Å². The van der Waals surface area contributed by atoms with Gasteiger partial charge in [0.15, 0.2) is 6.17 Å². The molecular formula is C15H20ClN3O. The van der Waals surface area contributed by atoms with Gasteiger partial charge in [-0.05, 0) is 45.0 Å². The Morgan fingerprint density at radius 3 is 2.90 bits per heavy atom. The zero-order chi connectivity index (χ0) is 13.8. The zero-order valence-electron chi connectivity index (χ0n) is 11.5. The van der Waals surface area contributed by atoms with Gasteiger partial charge in [-0.2, -0.15) is 0 Å². The first kappa shape index (κ1) is 13.9. The first-order valence-corrected chi connectivity index (χ1v) is 7.66. The Bertz CT molecular complexity index is 486. The molecule has 1 aromatic rings. The number of hydroxylamine groups is 1. The molecule has 0 bridgehead atoms. The van der Waals surface area contributed by atoms with Gasteiger partial charge in [0.1, 0.15) is 0 Å². The molecule has 5 heteroatoms. The van der Waals surface area contributed by atoms with Crippen LogP contribution in [-0.2, 0) is 4.84 Å². The Morgan fingerprint density at radius 2 is 2.10 bits per heavy atom. The summed E-state index contributed by atoms with van der Waals surface area (Å²) in [4.78, 5) is 12.5. The van der Waals surface area contributed by atoms with Crippen LogP contribution in [0.2, 0.25) is 5.02 Å². The van der Waals surface area contributed by atoms with Crippen LogP contribution in [-0.4, -0.2) is 30.4 Å². The maximum Gasteiger partial charge on any atom is 0.211 e. The average Bonchev–Trinajstić information content (AvgIpc) is 3.11. The zero-order valence-corrected chi connectivity index (χ0v) is 12.3. The second-order valence-corrected chi connectivity index (χ2v) is 5.73. The van der Waals surface area contributed by atoms with Crippen molar-refractivity contribution in [1.29, 1.82) is 0 Å². The van der Waals surface area contributed by atoms with Crippen LogP contribution >= 0.6 is 11.6 Å². The fourth-order valence-electron chi connectivity index (χ4n) is 2.73. The van der Waals surface area contributed by atoms with Gasteiger partial charge >= 0.3 is 0 Å². The lowest BCUT2D eigenvalue weighted by Crippen LogP contribution is -2.21. The van der Waals surface area contributed by atoms with E-state index in [0.29, 0.717) is 0 Å². The standard InChI is InChI=1S/C15H20ClN3O/c16-13-7-2-1-6-12(13)15-17-14(20-18-15)8-5-11-19-9-3-4-10-19/h1-2,6-7,15,18H,3-5,8-11H2/t15-/m0/s1. The summed E-state index contributed by atoms with van der Waals surface area (Å²) >= 11 is 6.17. The van der Waals surface area contributed by atoms with Crippen LogP contribution in [0.5, 0.6) is 0 Å². The predicted molar refractivity (Wildman–Crippen MR) is 80.8 cm³/mol. The second kappa shape index (κ2) is 6.57. The lowest BCUT2D eigenvalue weighted by atomic mass is 10.2. The first-order valence-electron chi connectivity index (χ1n) is 7.29. The van der Waals surface area contributed by atoms with Gasteiger partial charge in [0.05, 0.1) is 0 Å². The molecule has 20 heavy (non-hydrogen) atoms. The van der Waals surface area contributed by atoms with E-state index < -0.39 is 0 Å². The molecule has 108 valence electrons. The van der Waals surface area contributed by atoms with E-state index >= 15 is 0 Å². The predicted octanol–water partition coefficient (Wildman–Crippen LogP) is 3.15. The summed E-state index contributed by atoms with van der Waals surface area (Å²) in [6.07, 6.45) is 4.48. The third-order valence-electron chi connectivity index (χ3n) is 3.82. The van der Waals surface area contributed by atoms with Crippen LogP contribution in [0.1, 0.15) is 37.4 Å². The maximum atomic E-state index is 6.17. The van der Waals surface area contributed by atoms with Crippen molar-refractivity contribution in [2.75, 3.05) is 19.6 Å².